The number of hydrogen-bond donors (Lipinski definition) is 1. The van der Waals surface area contributed by atoms with Gasteiger partial charge in [0.1, 0.15) is 0 Å². The maximum absolute atomic E-state index is 3.69. The van der Waals surface area contributed by atoms with E-state index in [4.69, 9.17) is 0 Å². The Morgan fingerprint density at radius 1 is 1.13 bits per heavy atom. The second-order valence-corrected chi connectivity index (χ2v) is 5.91. The summed E-state index contributed by atoms with van der Waals surface area (Å²) in [4.78, 5) is 0. The third-order valence-electron chi connectivity index (χ3n) is 4.31. The molecular formula is C14H27N. The molecule has 0 aromatic carbocycles. The summed E-state index contributed by atoms with van der Waals surface area (Å²) in [7, 11) is 0. The van der Waals surface area contributed by atoms with Crippen molar-refractivity contribution in [3.8, 4) is 0 Å². The molecule has 0 saturated heterocycles. The van der Waals surface area contributed by atoms with Gasteiger partial charge in [0, 0.05) is 6.04 Å². The summed E-state index contributed by atoms with van der Waals surface area (Å²) in [6.45, 7) is 6.06. The lowest BCUT2D eigenvalue weighted by atomic mass is 9.69. The van der Waals surface area contributed by atoms with Gasteiger partial charge in [-0.05, 0) is 56.4 Å². The Bertz CT molecular complexity index is 186. The minimum atomic E-state index is 0.902. The lowest BCUT2D eigenvalue weighted by Crippen LogP contribution is -2.36. The van der Waals surface area contributed by atoms with Crippen molar-refractivity contribution in [2.24, 2.45) is 17.8 Å². The van der Waals surface area contributed by atoms with Crippen LogP contribution < -0.4 is 5.32 Å². The predicted molar refractivity (Wildman–Crippen MR) is 65.9 cm³/mol. The number of nitrogens with one attached hydrogen (secondary N) is 1. The van der Waals surface area contributed by atoms with Crippen molar-refractivity contribution >= 4 is 0 Å². The molecule has 15 heavy (non-hydrogen) atoms. The highest BCUT2D eigenvalue weighted by Gasteiger charge is 2.32. The molecule has 0 aromatic heterocycles. The molecule has 2 fully saturated rings. The molecule has 1 nitrogen and oxygen atoms in total. The van der Waals surface area contributed by atoms with Crippen LogP contribution in [0.15, 0.2) is 0 Å². The summed E-state index contributed by atoms with van der Waals surface area (Å²) < 4.78 is 0. The van der Waals surface area contributed by atoms with Gasteiger partial charge in [0.25, 0.3) is 0 Å². The number of rotatable bonds is 7. The monoisotopic (exact) mass is 209 g/mol. The third-order valence-corrected chi connectivity index (χ3v) is 4.31. The van der Waals surface area contributed by atoms with Gasteiger partial charge in [-0.2, -0.15) is 0 Å². The van der Waals surface area contributed by atoms with Crippen molar-refractivity contribution in [3.05, 3.63) is 0 Å². The minimum absolute atomic E-state index is 0.902. The van der Waals surface area contributed by atoms with Gasteiger partial charge in [-0.25, -0.2) is 0 Å². The van der Waals surface area contributed by atoms with Crippen LogP contribution in [0.25, 0.3) is 0 Å². The van der Waals surface area contributed by atoms with Crippen molar-refractivity contribution in [1.29, 1.82) is 0 Å². The molecule has 0 amide bonds. The zero-order valence-corrected chi connectivity index (χ0v) is 10.5. The van der Waals surface area contributed by atoms with E-state index in [2.05, 4.69) is 19.2 Å². The van der Waals surface area contributed by atoms with Crippen LogP contribution in [0.5, 0.6) is 0 Å². The Morgan fingerprint density at radius 3 is 2.40 bits per heavy atom. The summed E-state index contributed by atoms with van der Waals surface area (Å²) in [6.07, 6.45) is 10.1. The third kappa shape index (κ3) is 3.48. The first-order chi connectivity index (χ1) is 7.29. The van der Waals surface area contributed by atoms with Crippen molar-refractivity contribution in [1.82, 2.24) is 5.32 Å². The van der Waals surface area contributed by atoms with Gasteiger partial charge in [-0.3, -0.25) is 0 Å². The molecule has 2 rings (SSSR count). The molecule has 0 spiro atoms. The zero-order valence-electron chi connectivity index (χ0n) is 10.5. The predicted octanol–water partition coefficient (Wildman–Crippen LogP) is 3.59. The fourth-order valence-corrected chi connectivity index (χ4v) is 2.95. The molecule has 1 N–H and O–H groups in total. The van der Waals surface area contributed by atoms with E-state index in [-0.39, 0.29) is 0 Å². The van der Waals surface area contributed by atoms with Crippen molar-refractivity contribution < 1.29 is 0 Å². The molecule has 2 aliphatic rings. The van der Waals surface area contributed by atoms with Gasteiger partial charge in [0.15, 0.2) is 0 Å². The molecule has 0 aromatic rings. The van der Waals surface area contributed by atoms with Gasteiger partial charge in [-0.1, -0.05) is 26.7 Å². The molecule has 0 radical (unpaired) electrons. The Kier molecular flexibility index (Phi) is 4.07. The van der Waals surface area contributed by atoms with E-state index >= 15 is 0 Å². The maximum Gasteiger partial charge on any atom is 0.00683 e. The minimum Gasteiger partial charge on any atom is -0.314 e. The van der Waals surface area contributed by atoms with Crippen LogP contribution in [-0.4, -0.2) is 12.6 Å². The van der Waals surface area contributed by atoms with Crippen LogP contribution in [0.4, 0.5) is 0 Å². The Labute approximate surface area is 95.0 Å². The first-order valence-electron chi connectivity index (χ1n) is 7.03. The Morgan fingerprint density at radius 2 is 1.87 bits per heavy atom. The van der Waals surface area contributed by atoms with Gasteiger partial charge in [0.05, 0.1) is 0 Å². The van der Waals surface area contributed by atoms with Crippen LogP contribution in [-0.2, 0) is 0 Å². The molecule has 3 unspecified atom stereocenters. The average molecular weight is 209 g/mol. The van der Waals surface area contributed by atoms with Crippen LogP contribution in [0.3, 0.4) is 0 Å². The lowest BCUT2D eigenvalue weighted by molar-refractivity contribution is 0.138. The smallest absolute Gasteiger partial charge is 0.00683 e. The van der Waals surface area contributed by atoms with E-state index in [1.165, 1.54) is 51.5 Å². The summed E-state index contributed by atoms with van der Waals surface area (Å²) in [5.41, 5.74) is 0. The summed E-state index contributed by atoms with van der Waals surface area (Å²) in [5.74, 6) is 3.03. The summed E-state index contributed by atoms with van der Waals surface area (Å²) in [6, 6.07) is 0.902. The van der Waals surface area contributed by atoms with E-state index in [0.717, 1.165) is 23.8 Å². The van der Waals surface area contributed by atoms with Crippen molar-refractivity contribution in [2.75, 3.05) is 6.54 Å². The second-order valence-electron chi connectivity index (χ2n) is 5.91. The molecular weight excluding hydrogens is 182 g/mol. The quantitative estimate of drug-likeness (QED) is 0.675. The average Bonchev–Trinajstić information content (AvgIpc) is 2.97. The molecule has 2 aliphatic carbocycles. The summed E-state index contributed by atoms with van der Waals surface area (Å²) >= 11 is 0. The second kappa shape index (κ2) is 5.34. The molecule has 0 heterocycles. The fraction of sp³-hybridized carbons (Fsp3) is 1.00. The van der Waals surface area contributed by atoms with Crippen LogP contribution in [0.2, 0.25) is 0 Å². The van der Waals surface area contributed by atoms with Crippen LogP contribution >= 0.6 is 0 Å². The van der Waals surface area contributed by atoms with E-state index < -0.39 is 0 Å². The van der Waals surface area contributed by atoms with Gasteiger partial charge < -0.3 is 5.32 Å². The summed E-state index contributed by atoms with van der Waals surface area (Å²) in [5, 5.41) is 3.69. The van der Waals surface area contributed by atoms with E-state index in [0.29, 0.717) is 0 Å². The fourth-order valence-electron chi connectivity index (χ4n) is 2.95. The van der Waals surface area contributed by atoms with E-state index in [1.54, 1.807) is 0 Å². The van der Waals surface area contributed by atoms with Crippen molar-refractivity contribution in [2.45, 2.75) is 64.8 Å². The normalized spacial score (nSPS) is 32.4. The molecule has 1 heteroatoms. The number of hydrogen-bond acceptors (Lipinski definition) is 1. The highest BCUT2D eigenvalue weighted by molar-refractivity contribution is 4.87. The lowest BCUT2D eigenvalue weighted by Gasteiger charge is -2.38. The van der Waals surface area contributed by atoms with Crippen LogP contribution in [0, 0.1) is 17.8 Å². The Hall–Kier alpha value is -0.0400. The molecule has 3 atom stereocenters. The highest BCUT2D eigenvalue weighted by atomic mass is 14.9. The molecule has 88 valence electrons. The van der Waals surface area contributed by atoms with Gasteiger partial charge in [0.2, 0.25) is 0 Å². The van der Waals surface area contributed by atoms with Gasteiger partial charge in [-0.15, -0.1) is 0 Å². The van der Waals surface area contributed by atoms with Crippen molar-refractivity contribution in [3.63, 3.8) is 0 Å². The van der Waals surface area contributed by atoms with Crippen LogP contribution in [0.1, 0.15) is 58.8 Å². The molecule has 0 aliphatic heterocycles. The first-order valence-corrected chi connectivity index (χ1v) is 7.03. The SMILES string of the molecule is CCCC(C)CC1CCC1CNC1CC1. The first kappa shape index (κ1) is 11.4. The standard InChI is InChI=1S/C14H27N/c1-3-4-11(2)9-12-5-6-13(12)10-15-14-7-8-14/h11-15H,3-10H2,1-2H3. The molecule has 0 bridgehead atoms. The van der Waals surface area contributed by atoms with E-state index in [9.17, 15) is 0 Å². The zero-order chi connectivity index (χ0) is 10.7. The van der Waals surface area contributed by atoms with Gasteiger partial charge >= 0.3 is 0 Å². The maximum atomic E-state index is 3.69. The largest absolute Gasteiger partial charge is 0.314 e. The van der Waals surface area contributed by atoms with E-state index in [1.807, 2.05) is 0 Å². The molecule has 2 saturated carbocycles. The highest BCUT2D eigenvalue weighted by Crippen LogP contribution is 2.39. The topological polar surface area (TPSA) is 12.0 Å². The Balaban J connectivity index is 1.59.